The third kappa shape index (κ3) is 4.73. The van der Waals surface area contributed by atoms with Gasteiger partial charge < -0.3 is 14.8 Å². The van der Waals surface area contributed by atoms with Crippen molar-refractivity contribution < 1.29 is 22.7 Å². The average molecular weight is 488 g/mol. The third-order valence-electron chi connectivity index (χ3n) is 5.45. The molecule has 33 heavy (non-hydrogen) atoms. The van der Waals surface area contributed by atoms with Gasteiger partial charge in [-0.2, -0.15) is 4.31 Å². The van der Waals surface area contributed by atoms with E-state index in [0.717, 1.165) is 18.4 Å². The summed E-state index contributed by atoms with van der Waals surface area (Å²) in [5.74, 6) is 0.896. The lowest BCUT2D eigenvalue weighted by atomic mass is 10.2. The van der Waals surface area contributed by atoms with Crippen molar-refractivity contribution in [2.75, 3.05) is 32.6 Å². The number of benzene rings is 2. The molecular formula is C23H25N3O5S2. The van der Waals surface area contributed by atoms with Crippen LogP contribution in [0.5, 0.6) is 11.5 Å². The van der Waals surface area contributed by atoms with Crippen LogP contribution in [0.15, 0.2) is 47.4 Å². The summed E-state index contributed by atoms with van der Waals surface area (Å²) in [6.45, 7) is 2.88. The van der Waals surface area contributed by atoms with E-state index < -0.39 is 10.0 Å². The Morgan fingerprint density at radius 3 is 2.33 bits per heavy atom. The van der Waals surface area contributed by atoms with E-state index in [0.29, 0.717) is 45.9 Å². The van der Waals surface area contributed by atoms with E-state index in [-0.39, 0.29) is 10.8 Å². The van der Waals surface area contributed by atoms with E-state index in [2.05, 4.69) is 10.3 Å². The summed E-state index contributed by atoms with van der Waals surface area (Å²) in [6.07, 6.45) is 1.76. The highest BCUT2D eigenvalue weighted by molar-refractivity contribution is 7.89. The fourth-order valence-corrected chi connectivity index (χ4v) is 6.15. The van der Waals surface area contributed by atoms with Crippen molar-refractivity contribution in [3.05, 3.63) is 53.0 Å². The number of hydrogen-bond acceptors (Lipinski definition) is 7. The third-order valence-corrected chi connectivity index (χ3v) is 8.57. The predicted molar refractivity (Wildman–Crippen MR) is 128 cm³/mol. The first-order valence-electron chi connectivity index (χ1n) is 10.4. The number of nitrogens with zero attached hydrogens (tertiary/aromatic N) is 2. The summed E-state index contributed by atoms with van der Waals surface area (Å²) >= 11 is 1.27. The summed E-state index contributed by atoms with van der Waals surface area (Å²) < 4.78 is 37.5. The number of thiazole rings is 1. The lowest BCUT2D eigenvalue weighted by Gasteiger charge is -2.15. The lowest BCUT2D eigenvalue weighted by Crippen LogP contribution is -2.27. The molecule has 1 aliphatic heterocycles. The van der Waals surface area contributed by atoms with E-state index in [1.807, 2.05) is 12.1 Å². The molecular weight excluding hydrogens is 462 g/mol. The summed E-state index contributed by atoms with van der Waals surface area (Å²) in [5.41, 5.74) is 1.94. The van der Waals surface area contributed by atoms with E-state index in [4.69, 9.17) is 9.47 Å². The molecule has 0 radical (unpaired) electrons. The number of rotatable bonds is 7. The number of amides is 1. The van der Waals surface area contributed by atoms with Crippen LogP contribution in [0, 0.1) is 6.92 Å². The SMILES string of the molecule is COc1ccc(-c2nc(C)c(C(=O)Nc3ccc(S(=O)(=O)N4CCCC4)cc3)s2)cc1OC. The molecule has 0 atom stereocenters. The van der Waals surface area contributed by atoms with Crippen molar-refractivity contribution in [1.29, 1.82) is 0 Å². The molecule has 3 aromatic rings. The molecule has 2 aromatic carbocycles. The Hall–Kier alpha value is -2.95. The maximum absolute atomic E-state index is 12.9. The Bertz CT molecular complexity index is 1260. The first-order chi connectivity index (χ1) is 15.8. The van der Waals surface area contributed by atoms with Gasteiger partial charge >= 0.3 is 0 Å². The Balaban J connectivity index is 1.51. The van der Waals surface area contributed by atoms with Gasteiger partial charge in [0.15, 0.2) is 11.5 Å². The maximum atomic E-state index is 12.9. The quantitative estimate of drug-likeness (QED) is 0.537. The van der Waals surface area contributed by atoms with Gasteiger partial charge in [-0.05, 0) is 62.2 Å². The highest BCUT2D eigenvalue weighted by Crippen LogP contribution is 2.35. The monoisotopic (exact) mass is 487 g/mol. The van der Waals surface area contributed by atoms with E-state index in [9.17, 15) is 13.2 Å². The number of aromatic nitrogens is 1. The Labute approximate surface area is 197 Å². The molecule has 0 saturated carbocycles. The minimum Gasteiger partial charge on any atom is -0.493 e. The number of ether oxygens (including phenoxy) is 2. The fraction of sp³-hybridized carbons (Fsp3) is 0.304. The molecule has 8 nitrogen and oxygen atoms in total. The van der Waals surface area contributed by atoms with Crippen LogP contribution in [0.2, 0.25) is 0 Å². The molecule has 1 aliphatic rings. The van der Waals surface area contributed by atoms with Gasteiger partial charge in [0, 0.05) is 24.3 Å². The molecule has 0 unspecified atom stereocenters. The van der Waals surface area contributed by atoms with Gasteiger partial charge in [0.1, 0.15) is 9.88 Å². The van der Waals surface area contributed by atoms with Gasteiger partial charge in [0.05, 0.1) is 24.8 Å². The Morgan fingerprint density at radius 2 is 1.70 bits per heavy atom. The molecule has 0 aliphatic carbocycles. The summed E-state index contributed by atoms with van der Waals surface area (Å²) in [6, 6.07) is 11.7. The van der Waals surface area contributed by atoms with Crippen LogP contribution in [0.3, 0.4) is 0 Å². The lowest BCUT2D eigenvalue weighted by molar-refractivity contribution is 0.103. The molecule has 10 heteroatoms. The zero-order chi connectivity index (χ0) is 23.6. The van der Waals surface area contributed by atoms with Crippen LogP contribution in [0.1, 0.15) is 28.2 Å². The minimum absolute atomic E-state index is 0.229. The highest BCUT2D eigenvalue weighted by Gasteiger charge is 2.27. The molecule has 1 saturated heterocycles. The van der Waals surface area contributed by atoms with Crippen molar-refractivity contribution in [3.8, 4) is 22.1 Å². The van der Waals surface area contributed by atoms with Crippen molar-refractivity contribution in [2.24, 2.45) is 0 Å². The average Bonchev–Trinajstić information content (AvgIpc) is 3.49. The number of carbonyl (C=O) groups is 1. The van der Waals surface area contributed by atoms with Crippen LogP contribution in [0.25, 0.3) is 10.6 Å². The summed E-state index contributed by atoms with van der Waals surface area (Å²) in [7, 11) is -0.351. The zero-order valence-corrected chi connectivity index (χ0v) is 20.3. The number of nitrogens with one attached hydrogen (secondary N) is 1. The first-order valence-corrected chi connectivity index (χ1v) is 12.7. The Morgan fingerprint density at radius 1 is 1.03 bits per heavy atom. The van der Waals surface area contributed by atoms with Gasteiger partial charge in [0.25, 0.3) is 5.91 Å². The van der Waals surface area contributed by atoms with Crippen molar-refractivity contribution in [3.63, 3.8) is 0 Å². The summed E-state index contributed by atoms with van der Waals surface area (Å²) in [4.78, 5) is 18.1. The fourth-order valence-electron chi connectivity index (χ4n) is 3.68. The number of sulfonamides is 1. The van der Waals surface area contributed by atoms with Crippen LogP contribution < -0.4 is 14.8 Å². The van der Waals surface area contributed by atoms with Crippen molar-refractivity contribution in [2.45, 2.75) is 24.7 Å². The standard InChI is InChI=1S/C23H25N3O5S2/c1-15-21(32-23(24-15)16-6-11-19(30-2)20(14-16)31-3)22(27)25-17-7-9-18(10-8-17)33(28,29)26-12-4-5-13-26/h6-11,14H,4-5,12-13H2,1-3H3,(H,25,27). The second-order valence-electron chi connectivity index (χ2n) is 7.59. The van der Waals surface area contributed by atoms with E-state index >= 15 is 0 Å². The zero-order valence-electron chi connectivity index (χ0n) is 18.6. The van der Waals surface area contributed by atoms with Gasteiger partial charge in [-0.25, -0.2) is 13.4 Å². The van der Waals surface area contributed by atoms with Gasteiger partial charge in [-0.3, -0.25) is 4.79 Å². The molecule has 2 heterocycles. The molecule has 174 valence electrons. The number of hydrogen-bond donors (Lipinski definition) is 1. The maximum Gasteiger partial charge on any atom is 0.267 e. The number of aryl methyl sites for hydroxylation is 1. The largest absolute Gasteiger partial charge is 0.493 e. The van der Waals surface area contributed by atoms with Crippen LogP contribution >= 0.6 is 11.3 Å². The highest BCUT2D eigenvalue weighted by atomic mass is 32.2. The second-order valence-corrected chi connectivity index (χ2v) is 10.5. The van der Waals surface area contributed by atoms with Crippen LogP contribution in [0.4, 0.5) is 5.69 Å². The number of carbonyl (C=O) groups excluding carboxylic acids is 1. The molecule has 0 bridgehead atoms. The van der Waals surface area contributed by atoms with Gasteiger partial charge in [0.2, 0.25) is 10.0 Å². The van der Waals surface area contributed by atoms with E-state index in [1.54, 1.807) is 39.3 Å². The Kier molecular flexibility index (Phi) is 6.68. The minimum atomic E-state index is -3.49. The molecule has 4 rings (SSSR count). The topological polar surface area (TPSA) is 97.8 Å². The summed E-state index contributed by atoms with van der Waals surface area (Å²) in [5, 5.41) is 3.52. The molecule has 1 aromatic heterocycles. The molecule has 1 N–H and O–H groups in total. The van der Waals surface area contributed by atoms with Crippen molar-refractivity contribution >= 4 is 33.0 Å². The number of anilines is 1. The first kappa shape index (κ1) is 23.2. The molecule has 0 spiro atoms. The predicted octanol–water partition coefficient (Wildman–Crippen LogP) is 4.17. The van der Waals surface area contributed by atoms with Crippen LogP contribution in [-0.4, -0.2) is 50.9 Å². The van der Waals surface area contributed by atoms with E-state index in [1.165, 1.54) is 27.8 Å². The van der Waals surface area contributed by atoms with Gasteiger partial charge in [-0.15, -0.1) is 11.3 Å². The smallest absolute Gasteiger partial charge is 0.267 e. The second kappa shape index (κ2) is 9.50. The molecule has 1 amide bonds. The van der Waals surface area contributed by atoms with Crippen LogP contribution in [-0.2, 0) is 10.0 Å². The van der Waals surface area contributed by atoms with Crippen molar-refractivity contribution in [1.82, 2.24) is 9.29 Å². The molecule has 1 fully saturated rings. The normalized spacial score (nSPS) is 14.3. The van der Waals surface area contributed by atoms with Gasteiger partial charge in [-0.1, -0.05) is 0 Å². The number of methoxy groups -OCH3 is 2.